The minimum absolute atomic E-state index is 0.00579. The largest absolute Gasteiger partial charge is 0.480 e. The van der Waals surface area contributed by atoms with Crippen LogP contribution in [-0.4, -0.2) is 23.7 Å². The predicted molar refractivity (Wildman–Crippen MR) is 55.2 cm³/mol. The van der Waals surface area contributed by atoms with Gasteiger partial charge in [0.2, 0.25) is 0 Å². The molecule has 0 fully saturated rings. The van der Waals surface area contributed by atoms with E-state index < -0.39 is 17.8 Å². The predicted octanol–water partition coefficient (Wildman–Crippen LogP) is 0.521. The standard InChI is InChI=1S/C10H10FN3O2/c11-8-2-1-7(3-6(8)4-12)14-5-9(13)10(15)16/h1-3,9,14H,5,13H2,(H,15,16). The van der Waals surface area contributed by atoms with E-state index in [0.29, 0.717) is 5.69 Å². The molecule has 0 spiro atoms. The molecule has 0 amide bonds. The van der Waals surface area contributed by atoms with Gasteiger partial charge in [-0.2, -0.15) is 5.26 Å². The molecule has 0 aliphatic rings. The van der Waals surface area contributed by atoms with Crippen LogP contribution in [0.2, 0.25) is 0 Å². The number of rotatable bonds is 4. The average Bonchev–Trinajstić information content (AvgIpc) is 2.27. The van der Waals surface area contributed by atoms with E-state index in [4.69, 9.17) is 16.1 Å². The molecule has 1 atom stereocenters. The van der Waals surface area contributed by atoms with E-state index >= 15 is 0 Å². The van der Waals surface area contributed by atoms with Crippen molar-refractivity contribution >= 4 is 11.7 Å². The maximum Gasteiger partial charge on any atom is 0.322 e. The molecule has 1 aromatic rings. The third-order valence-corrected chi connectivity index (χ3v) is 1.93. The number of hydrogen-bond acceptors (Lipinski definition) is 4. The summed E-state index contributed by atoms with van der Waals surface area (Å²) in [7, 11) is 0. The Labute approximate surface area is 91.3 Å². The molecule has 1 unspecified atom stereocenters. The smallest absolute Gasteiger partial charge is 0.322 e. The van der Waals surface area contributed by atoms with Gasteiger partial charge in [0.1, 0.15) is 17.9 Å². The lowest BCUT2D eigenvalue weighted by atomic mass is 10.2. The Morgan fingerprint density at radius 2 is 2.38 bits per heavy atom. The van der Waals surface area contributed by atoms with Crippen LogP contribution in [0.25, 0.3) is 0 Å². The van der Waals surface area contributed by atoms with Crippen LogP contribution in [0.3, 0.4) is 0 Å². The minimum atomic E-state index is -1.13. The number of nitrogens with one attached hydrogen (secondary N) is 1. The highest BCUT2D eigenvalue weighted by molar-refractivity contribution is 5.74. The average molecular weight is 223 g/mol. The van der Waals surface area contributed by atoms with Gasteiger partial charge in [0, 0.05) is 12.2 Å². The fourth-order valence-electron chi connectivity index (χ4n) is 1.04. The van der Waals surface area contributed by atoms with Gasteiger partial charge in [0.25, 0.3) is 0 Å². The zero-order chi connectivity index (χ0) is 12.1. The maximum atomic E-state index is 12.9. The Morgan fingerprint density at radius 3 is 2.94 bits per heavy atom. The van der Waals surface area contributed by atoms with Gasteiger partial charge in [-0.15, -0.1) is 0 Å². The molecule has 4 N–H and O–H groups in total. The molecule has 6 heteroatoms. The molecule has 0 radical (unpaired) electrons. The van der Waals surface area contributed by atoms with Crippen LogP contribution in [0.15, 0.2) is 18.2 Å². The molecule has 0 aliphatic carbocycles. The van der Waals surface area contributed by atoms with E-state index in [9.17, 15) is 9.18 Å². The number of nitriles is 1. The van der Waals surface area contributed by atoms with Gasteiger partial charge in [0.15, 0.2) is 0 Å². The molecule has 0 heterocycles. The molecular formula is C10H10FN3O2. The highest BCUT2D eigenvalue weighted by Crippen LogP contribution is 2.13. The number of carboxylic acids is 1. The highest BCUT2D eigenvalue weighted by atomic mass is 19.1. The lowest BCUT2D eigenvalue weighted by molar-refractivity contribution is -0.138. The summed E-state index contributed by atoms with van der Waals surface area (Å²) in [6.45, 7) is 0.00579. The van der Waals surface area contributed by atoms with Gasteiger partial charge in [-0.25, -0.2) is 4.39 Å². The molecule has 0 aromatic heterocycles. The molecule has 84 valence electrons. The van der Waals surface area contributed by atoms with Gasteiger partial charge >= 0.3 is 5.97 Å². The lowest BCUT2D eigenvalue weighted by Gasteiger charge is -2.09. The summed E-state index contributed by atoms with van der Waals surface area (Å²) < 4.78 is 12.9. The number of hydrogen-bond donors (Lipinski definition) is 3. The number of anilines is 1. The summed E-state index contributed by atoms with van der Waals surface area (Å²) in [5, 5.41) is 19.8. The van der Waals surface area contributed by atoms with Crippen LogP contribution >= 0.6 is 0 Å². The van der Waals surface area contributed by atoms with Gasteiger partial charge in [0.05, 0.1) is 5.56 Å². The van der Waals surface area contributed by atoms with Crippen molar-refractivity contribution in [3.8, 4) is 6.07 Å². The summed E-state index contributed by atoms with van der Waals surface area (Å²) in [6.07, 6.45) is 0. The van der Waals surface area contributed by atoms with Crippen LogP contribution in [0.1, 0.15) is 5.56 Å². The van der Waals surface area contributed by atoms with Gasteiger partial charge in [-0.1, -0.05) is 0 Å². The quantitative estimate of drug-likeness (QED) is 0.691. The lowest BCUT2D eigenvalue weighted by Crippen LogP contribution is -2.36. The maximum absolute atomic E-state index is 12.9. The number of benzene rings is 1. The number of carboxylic acid groups (broad SMARTS) is 1. The van der Waals surface area contributed by atoms with E-state index in [0.717, 1.165) is 6.07 Å². The molecule has 5 nitrogen and oxygen atoms in total. The van der Waals surface area contributed by atoms with Crippen LogP contribution < -0.4 is 11.1 Å². The first-order chi connectivity index (χ1) is 7.54. The zero-order valence-electron chi connectivity index (χ0n) is 8.27. The van der Waals surface area contributed by atoms with E-state index in [1.54, 1.807) is 6.07 Å². The van der Waals surface area contributed by atoms with Gasteiger partial charge in [-0.3, -0.25) is 4.79 Å². The molecule has 1 rings (SSSR count). The van der Waals surface area contributed by atoms with E-state index in [1.807, 2.05) is 0 Å². The topological polar surface area (TPSA) is 99.1 Å². The second-order valence-corrected chi connectivity index (χ2v) is 3.13. The third kappa shape index (κ3) is 2.93. The van der Waals surface area contributed by atoms with Gasteiger partial charge in [-0.05, 0) is 18.2 Å². The number of nitrogens with zero attached hydrogens (tertiary/aromatic N) is 1. The van der Waals surface area contributed by atoms with E-state index in [2.05, 4.69) is 5.32 Å². The van der Waals surface area contributed by atoms with Crippen molar-refractivity contribution in [3.05, 3.63) is 29.6 Å². The van der Waals surface area contributed by atoms with Crippen molar-refractivity contribution < 1.29 is 14.3 Å². The van der Waals surface area contributed by atoms with Crippen LogP contribution in [0.4, 0.5) is 10.1 Å². The molecule has 1 aromatic carbocycles. The Hall–Kier alpha value is -2.13. The third-order valence-electron chi connectivity index (χ3n) is 1.93. The second-order valence-electron chi connectivity index (χ2n) is 3.13. The van der Waals surface area contributed by atoms with Crippen molar-refractivity contribution in [3.63, 3.8) is 0 Å². The fraction of sp³-hybridized carbons (Fsp3) is 0.200. The summed E-state index contributed by atoms with van der Waals surface area (Å²) in [6, 6.07) is 4.47. The Balaban J connectivity index is 2.69. The van der Waals surface area contributed by atoms with Crippen LogP contribution in [0.5, 0.6) is 0 Å². The summed E-state index contributed by atoms with van der Waals surface area (Å²) >= 11 is 0. The normalized spacial score (nSPS) is 11.6. The number of nitrogens with two attached hydrogens (primary N) is 1. The molecule has 0 bridgehead atoms. The monoisotopic (exact) mass is 223 g/mol. The second kappa shape index (κ2) is 5.09. The zero-order valence-corrected chi connectivity index (χ0v) is 8.27. The van der Waals surface area contributed by atoms with E-state index in [-0.39, 0.29) is 12.1 Å². The molecule has 0 saturated carbocycles. The molecule has 0 saturated heterocycles. The Kier molecular flexibility index (Phi) is 3.80. The number of aliphatic carboxylic acids is 1. The first kappa shape index (κ1) is 11.9. The number of halogens is 1. The summed E-state index contributed by atoms with van der Waals surface area (Å²) in [5.41, 5.74) is 5.61. The summed E-state index contributed by atoms with van der Waals surface area (Å²) in [4.78, 5) is 10.4. The Bertz CT molecular complexity index is 442. The fourth-order valence-corrected chi connectivity index (χ4v) is 1.04. The minimum Gasteiger partial charge on any atom is -0.480 e. The SMILES string of the molecule is N#Cc1cc(NCC(N)C(=O)O)ccc1F. The van der Waals surface area contributed by atoms with Crippen molar-refractivity contribution in [1.82, 2.24) is 0 Å². The molecule has 16 heavy (non-hydrogen) atoms. The summed E-state index contributed by atoms with van der Waals surface area (Å²) in [5.74, 6) is -1.74. The van der Waals surface area contributed by atoms with Crippen molar-refractivity contribution in [1.29, 1.82) is 5.26 Å². The molecule has 0 aliphatic heterocycles. The van der Waals surface area contributed by atoms with Crippen LogP contribution in [-0.2, 0) is 4.79 Å². The van der Waals surface area contributed by atoms with Crippen molar-refractivity contribution in [2.75, 3.05) is 11.9 Å². The van der Waals surface area contributed by atoms with Gasteiger partial charge < -0.3 is 16.2 Å². The van der Waals surface area contributed by atoms with Crippen molar-refractivity contribution in [2.45, 2.75) is 6.04 Å². The number of carbonyl (C=O) groups is 1. The first-order valence-electron chi connectivity index (χ1n) is 4.46. The Morgan fingerprint density at radius 1 is 1.69 bits per heavy atom. The van der Waals surface area contributed by atoms with Crippen molar-refractivity contribution in [2.24, 2.45) is 5.73 Å². The van der Waals surface area contributed by atoms with E-state index in [1.165, 1.54) is 12.1 Å². The van der Waals surface area contributed by atoms with Crippen LogP contribution in [0, 0.1) is 17.1 Å². The molecular weight excluding hydrogens is 213 g/mol. The first-order valence-corrected chi connectivity index (χ1v) is 4.46. The highest BCUT2D eigenvalue weighted by Gasteiger charge is 2.11.